The zero-order valence-electron chi connectivity index (χ0n) is 10.8. The third-order valence-corrected chi connectivity index (χ3v) is 4.16. The summed E-state index contributed by atoms with van der Waals surface area (Å²) in [6, 6.07) is 7.73. The fourth-order valence-electron chi connectivity index (χ4n) is 2.73. The number of fused-ring (bicyclic) bond motifs is 1. The number of hydrogen-bond acceptors (Lipinski definition) is 3. The Labute approximate surface area is 116 Å². The van der Waals surface area contributed by atoms with Gasteiger partial charge >= 0.3 is 0 Å². The van der Waals surface area contributed by atoms with E-state index in [9.17, 15) is 4.79 Å². The largest absolute Gasteiger partial charge is 0.302 e. The Hall–Kier alpha value is -1.39. The molecule has 0 N–H and O–H groups in total. The van der Waals surface area contributed by atoms with E-state index in [0.717, 1.165) is 18.4 Å². The van der Waals surface area contributed by atoms with E-state index in [0.29, 0.717) is 23.1 Å². The van der Waals surface area contributed by atoms with Gasteiger partial charge in [-0.25, -0.2) is 4.68 Å². The molecule has 0 aliphatic carbocycles. The molecule has 1 fully saturated rings. The Bertz CT molecular complexity index is 667. The lowest BCUT2D eigenvalue weighted by Gasteiger charge is -2.19. The number of benzene rings is 1. The second kappa shape index (κ2) is 4.94. The fourth-order valence-corrected chi connectivity index (χ4v) is 2.98. The Morgan fingerprint density at radius 2 is 2.11 bits per heavy atom. The van der Waals surface area contributed by atoms with Crippen LogP contribution in [0.3, 0.4) is 0 Å². The lowest BCUT2D eigenvalue weighted by Crippen LogP contribution is -2.35. The monoisotopic (exact) mass is 277 g/mol. The van der Waals surface area contributed by atoms with Crippen molar-refractivity contribution in [2.24, 2.45) is 0 Å². The van der Waals surface area contributed by atoms with Crippen LogP contribution in [0.1, 0.15) is 12.8 Å². The first-order valence-corrected chi connectivity index (χ1v) is 6.90. The highest BCUT2D eigenvalue weighted by atomic mass is 35.5. The molecule has 0 amide bonds. The number of likely N-dealkylation sites (N-methyl/N-ethyl adjacent to an activating group) is 1. The molecule has 1 saturated heterocycles. The number of likely N-dealkylation sites (tertiary alicyclic amines) is 1. The Kier molecular flexibility index (Phi) is 3.29. The summed E-state index contributed by atoms with van der Waals surface area (Å²) in [5, 5.41) is 6.01. The quantitative estimate of drug-likeness (QED) is 0.844. The second-order valence-corrected chi connectivity index (χ2v) is 5.46. The lowest BCUT2D eigenvalue weighted by molar-refractivity contribution is 0.271. The lowest BCUT2D eigenvalue weighted by atomic mass is 10.2. The summed E-state index contributed by atoms with van der Waals surface area (Å²) >= 11 is 6.17. The van der Waals surface area contributed by atoms with Crippen LogP contribution in [0, 0.1) is 0 Å². The molecular formula is C14H16ClN3O. The molecule has 2 aromatic rings. The van der Waals surface area contributed by atoms with Gasteiger partial charge in [0.1, 0.15) is 0 Å². The molecule has 3 rings (SSSR count). The number of aromatic nitrogens is 2. The first kappa shape index (κ1) is 12.6. The Balaban J connectivity index is 2.04. The van der Waals surface area contributed by atoms with E-state index in [1.807, 2.05) is 18.2 Å². The summed E-state index contributed by atoms with van der Waals surface area (Å²) in [5.41, 5.74) is -0.0553. The van der Waals surface area contributed by atoms with Gasteiger partial charge in [-0.3, -0.25) is 4.79 Å². The van der Waals surface area contributed by atoms with Crippen LogP contribution in [-0.2, 0) is 6.54 Å². The van der Waals surface area contributed by atoms with Crippen molar-refractivity contribution in [1.82, 2.24) is 14.7 Å². The molecule has 0 saturated carbocycles. The summed E-state index contributed by atoms with van der Waals surface area (Å²) in [7, 11) is 2.09. The standard InChI is InChI=1S/C14H16ClN3O/c1-17-8-4-5-10(17)9-18-14(19)12-7-3-2-6-11(12)13(15)16-18/h2-3,6-7,10H,4-5,8-9H2,1H3/t10-/m1/s1. The predicted octanol–water partition coefficient (Wildman–Crippen LogP) is 2.14. The molecule has 100 valence electrons. The Morgan fingerprint density at radius 1 is 1.37 bits per heavy atom. The SMILES string of the molecule is CN1CCC[C@@H]1Cn1nc(Cl)c2ccccc2c1=O. The van der Waals surface area contributed by atoms with Gasteiger partial charge in [-0.15, -0.1) is 0 Å². The zero-order valence-corrected chi connectivity index (χ0v) is 11.6. The van der Waals surface area contributed by atoms with E-state index in [1.54, 1.807) is 6.07 Å². The van der Waals surface area contributed by atoms with E-state index in [2.05, 4.69) is 17.0 Å². The molecule has 0 unspecified atom stereocenters. The van der Waals surface area contributed by atoms with Crippen molar-refractivity contribution in [2.75, 3.05) is 13.6 Å². The molecule has 5 heteroatoms. The highest BCUT2D eigenvalue weighted by molar-refractivity contribution is 6.34. The van der Waals surface area contributed by atoms with E-state index in [-0.39, 0.29) is 5.56 Å². The summed E-state index contributed by atoms with van der Waals surface area (Å²) in [6.45, 7) is 1.70. The Morgan fingerprint density at radius 3 is 2.79 bits per heavy atom. The van der Waals surface area contributed by atoms with Gasteiger partial charge in [0.15, 0.2) is 5.15 Å². The minimum absolute atomic E-state index is 0.0553. The molecule has 0 radical (unpaired) electrons. The van der Waals surface area contributed by atoms with Crippen molar-refractivity contribution in [1.29, 1.82) is 0 Å². The summed E-state index contributed by atoms with van der Waals surface area (Å²) in [4.78, 5) is 14.7. The van der Waals surface area contributed by atoms with Crippen LogP contribution >= 0.6 is 11.6 Å². The van der Waals surface area contributed by atoms with Crippen LogP contribution in [-0.4, -0.2) is 34.3 Å². The minimum atomic E-state index is -0.0553. The number of hydrogen-bond donors (Lipinski definition) is 0. The normalized spacial score (nSPS) is 20.2. The topological polar surface area (TPSA) is 38.1 Å². The third-order valence-electron chi connectivity index (χ3n) is 3.88. The molecular weight excluding hydrogens is 262 g/mol. The van der Waals surface area contributed by atoms with Crippen molar-refractivity contribution in [3.63, 3.8) is 0 Å². The maximum atomic E-state index is 12.4. The van der Waals surface area contributed by atoms with Gasteiger partial charge in [0.05, 0.1) is 11.9 Å². The highest BCUT2D eigenvalue weighted by Gasteiger charge is 2.22. The van der Waals surface area contributed by atoms with Crippen LogP contribution in [0.25, 0.3) is 10.8 Å². The average Bonchev–Trinajstić information content (AvgIpc) is 2.81. The second-order valence-electron chi connectivity index (χ2n) is 5.10. The molecule has 2 heterocycles. The highest BCUT2D eigenvalue weighted by Crippen LogP contribution is 2.19. The van der Waals surface area contributed by atoms with Gasteiger partial charge in [0.2, 0.25) is 0 Å². The van der Waals surface area contributed by atoms with E-state index in [1.165, 1.54) is 11.1 Å². The average molecular weight is 278 g/mol. The fraction of sp³-hybridized carbons (Fsp3) is 0.429. The molecule has 1 aromatic heterocycles. The number of nitrogens with zero attached hydrogens (tertiary/aromatic N) is 3. The molecule has 1 aromatic carbocycles. The van der Waals surface area contributed by atoms with E-state index >= 15 is 0 Å². The zero-order chi connectivity index (χ0) is 13.4. The van der Waals surface area contributed by atoms with Gasteiger partial charge in [-0.2, -0.15) is 5.10 Å². The molecule has 1 aliphatic rings. The van der Waals surface area contributed by atoms with Crippen LogP contribution in [0.2, 0.25) is 5.15 Å². The summed E-state index contributed by atoms with van der Waals surface area (Å²) < 4.78 is 1.51. The minimum Gasteiger partial charge on any atom is -0.302 e. The van der Waals surface area contributed by atoms with Crippen molar-refractivity contribution < 1.29 is 0 Å². The van der Waals surface area contributed by atoms with Crippen molar-refractivity contribution in [3.8, 4) is 0 Å². The van der Waals surface area contributed by atoms with Crippen molar-refractivity contribution >= 4 is 22.4 Å². The van der Waals surface area contributed by atoms with Crippen LogP contribution in [0.15, 0.2) is 29.1 Å². The van der Waals surface area contributed by atoms with Crippen LogP contribution < -0.4 is 5.56 Å². The van der Waals surface area contributed by atoms with Gasteiger partial charge in [-0.05, 0) is 32.5 Å². The van der Waals surface area contributed by atoms with E-state index in [4.69, 9.17) is 11.6 Å². The van der Waals surface area contributed by atoms with Crippen LogP contribution in [0.5, 0.6) is 0 Å². The smallest absolute Gasteiger partial charge is 0.274 e. The predicted molar refractivity (Wildman–Crippen MR) is 76.7 cm³/mol. The first-order valence-electron chi connectivity index (χ1n) is 6.52. The number of halogens is 1. The van der Waals surface area contributed by atoms with Gasteiger partial charge in [-0.1, -0.05) is 29.8 Å². The molecule has 19 heavy (non-hydrogen) atoms. The molecule has 1 aliphatic heterocycles. The third kappa shape index (κ3) is 2.26. The van der Waals surface area contributed by atoms with Gasteiger partial charge in [0.25, 0.3) is 5.56 Å². The summed E-state index contributed by atoms with van der Waals surface area (Å²) in [5.74, 6) is 0. The molecule has 4 nitrogen and oxygen atoms in total. The molecule has 0 bridgehead atoms. The number of rotatable bonds is 2. The molecule has 0 spiro atoms. The summed E-state index contributed by atoms with van der Waals surface area (Å²) in [6.07, 6.45) is 2.28. The van der Waals surface area contributed by atoms with Gasteiger partial charge < -0.3 is 4.90 Å². The van der Waals surface area contributed by atoms with Gasteiger partial charge in [0, 0.05) is 11.4 Å². The maximum Gasteiger partial charge on any atom is 0.274 e. The van der Waals surface area contributed by atoms with Crippen molar-refractivity contribution in [2.45, 2.75) is 25.4 Å². The van der Waals surface area contributed by atoms with Crippen LogP contribution in [0.4, 0.5) is 0 Å². The maximum absolute atomic E-state index is 12.4. The van der Waals surface area contributed by atoms with Crippen molar-refractivity contribution in [3.05, 3.63) is 39.8 Å². The first-order chi connectivity index (χ1) is 9.16. The molecule has 1 atom stereocenters. The van der Waals surface area contributed by atoms with E-state index < -0.39 is 0 Å².